The summed E-state index contributed by atoms with van der Waals surface area (Å²) < 4.78 is 2.18. The largest absolute Gasteiger partial charge is 0.399 e. The number of nitrogen functional groups attached to an aromatic ring is 1. The van der Waals surface area contributed by atoms with Crippen LogP contribution in [0.4, 0.5) is 5.69 Å². The lowest BCUT2D eigenvalue weighted by atomic mass is 10.1. The van der Waals surface area contributed by atoms with Gasteiger partial charge in [0.1, 0.15) is 0 Å². The minimum absolute atomic E-state index is 0.683. The predicted molar refractivity (Wildman–Crippen MR) is 164 cm³/mol. The molecule has 5 rings (SSSR count). The van der Waals surface area contributed by atoms with E-state index in [1.165, 1.54) is 5.56 Å². The molecule has 0 fully saturated rings. The molecule has 0 aliphatic carbocycles. The second-order valence-electron chi connectivity index (χ2n) is 8.26. The first-order chi connectivity index (χ1) is 18.5. The highest BCUT2D eigenvalue weighted by molar-refractivity contribution is 6.09. The molecule has 5 aromatic rings. The number of anilines is 1. The Morgan fingerprint density at radius 1 is 0.816 bits per heavy atom. The lowest BCUT2D eigenvalue weighted by molar-refractivity contribution is 1.26. The van der Waals surface area contributed by atoms with Gasteiger partial charge >= 0.3 is 0 Å². The lowest BCUT2D eigenvalue weighted by Crippen LogP contribution is -2.02. The first-order valence-electron chi connectivity index (χ1n) is 12.1. The van der Waals surface area contributed by atoms with Gasteiger partial charge in [0.2, 0.25) is 0 Å². The van der Waals surface area contributed by atoms with Gasteiger partial charge in [-0.15, -0.1) is 0 Å². The zero-order valence-electron chi connectivity index (χ0n) is 22.0. The van der Waals surface area contributed by atoms with Crippen molar-refractivity contribution in [1.82, 2.24) is 4.57 Å². The summed E-state index contributed by atoms with van der Waals surface area (Å²) >= 11 is 0. The van der Waals surface area contributed by atoms with E-state index in [9.17, 15) is 0 Å². The molecule has 5 nitrogen and oxygen atoms in total. The maximum Gasteiger partial charge on any atom is 0.0991 e. The molecular formula is C33H35N5. The van der Waals surface area contributed by atoms with E-state index >= 15 is 0 Å². The number of nitrogens with zero attached hydrogens (tertiary/aromatic N) is 2. The number of aryl methyl sites for hydroxylation is 1. The number of benzene rings is 4. The lowest BCUT2D eigenvalue weighted by Gasteiger charge is -2.02. The fourth-order valence-corrected chi connectivity index (χ4v) is 3.67. The fraction of sp³-hybridized carbons (Fsp3) is 0.0606. The predicted octanol–water partition coefficient (Wildman–Crippen LogP) is 7.35. The van der Waals surface area contributed by atoms with Crippen LogP contribution in [0.1, 0.15) is 18.1 Å². The Morgan fingerprint density at radius 2 is 1.39 bits per heavy atom. The average Bonchev–Trinajstić information content (AvgIpc) is 3.27. The van der Waals surface area contributed by atoms with Crippen molar-refractivity contribution in [2.24, 2.45) is 11.7 Å². The molecular weight excluding hydrogens is 466 g/mol. The molecule has 4 aromatic carbocycles. The van der Waals surface area contributed by atoms with Gasteiger partial charge in [0, 0.05) is 22.7 Å². The van der Waals surface area contributed by atoms with Gasteiger partial charge in [-0.3, -0.25) is 11.7 Å². The summed E-state index contributed by atoms with van der Waals surface area (Å²) in [6.45, 7) is 7.84. The summed E-state index contributed by atoms with van der Waals surface area (Å²) in [5.41, 5.74) is 11.6. The van der Waals surface area contributed by atoms with Crippen LogP contribution in [0.3, 0.4) is 0 Å². The normalized spacial score (nSPS) is 10.3. The molecule has 0 atom stereocenters. The molecule has 6 N–H and O–H groups in total. The van der Waals surface area contributed by atoms with Crippen molar-refractivity contribution in [2.75, 3.05) is 5.73 Å². The molecule has 0 unspecified atom stereocenters. The summed E-state index contributed by atoms with van der Waals surface area (Å²) in [7, 11) is 0. The zero-order chi connectivity index (χ0) is 27.8. The van der Waals surface area contributed by atoms with Crippen molar-refractivity contribution in [3.63, 3.8) is 0 Å². The highest BCUT2D eigenvalue weighted by Gasteiger charge is 2.09. The van der Waals surface area contributed by atoms with Crippen molar-refractivity contribution in [3.8, 4) is 6.07 Å². The van der Waals surface area contributed by atoms with Gasteiger partial charge in [-0.2, -0.15) is 5.26 Å². The summed E-state index contributed by atoms with van der Waals surface area (Å²) in [4.78, 5) is 0. The van der Waals surface area contributed by atoms with Gasteiger partial charge in [-0.1, -0.05) is 97.1 Å². The first kappa shape index (κ1) is 29.3. The van der Waals surface area contributed by atoms with Crippen LogP contribution in [0.25, 0.3) is 28.0 Å². The summed E-state index contributed by atoms with van der Waals surface area (Å²) in [5, 5.41) is 11.4. The number of hydrogen-bond acceptors (Lipinski definition) is 4. The highest BCUT2D eigenvalue weighted by Crippen LogP contribution is 2.30. The SMILES string of the molecule is C=C/C=C\C(C)=C/n1c2ccccc2c2cc(C#N)ccc21.Cc1ccccc1.NN.Nc1ccccc1. The van der Waals surface area contributed by atoms with Crippen LogP contribution < -0.4 is 17.4 Å². The monoisotopic (exact) mass is 501 g/mol. The first-order valence-corrected chi connectivity index (χ1v) is 12.1. The van der Waals surface area contributed by atoms with Gasteiger partial charge in [0.25, 0.3) is 0 Å². The van der Waals surface area contributed by atoms with Gasteiger partial charge in [0.05, 0.1) is 22.7 Å². The maximum atomic E-state index is 9.13. The number of para-hydroxylation sites is 2. The zero-order valence-corrected chi connectivity index (χ0v) is 22.0. The Labute approximate surface area is 225 Å². The third-order valence-corrected chi connectivity index (χ3v) is 5.41. The second-order valence-corrected chi connectivity index (χ2v) is 8.26. The van der Waals surface area contributed by atoms with Crippen LogP contribution in [-0.2, 0) is 0 Å². The minimum atomic E-state index is 0.683. The summed E-state index contributed by atoms with van der Waals surface area (Å²) in [6.07, 6.45) is 7.82. The van der Waals surface area contributed by atoms with Gasteiger partial charge in [0.15, 0.2) is 0 Å². The number of hydrogen-bond donors (Lipinski definition) is 3. The number of allylic oxidation sites excluding steroid dienone is 4. The molecule has 0 saturated carbocycles. The van der Waals surface area contributed by atoms with Gasteiger partial charge in [-0.25, -0.2) is 0 Å². The Hall–Kier alpha value is -4.89. The van der Waals surface area contributed by atoms with Crippen molar-refractivity contribution in [3.05, 3.63) is 145 Å². The van der Waals surface area contributed by atoms with E-state index in [2.05, 4.69) is 73.2 Å². The number of rotatable bonds is 3. The molecule has 1 aromatic heterocycles. The van der Waals surface area contributed by atoms with Crippen molar-refractivity contribution < 1.29 is 0 Å². The molecule has 0 aliphatic rings. The van der Waals surface area contributed by atoms with E-state index in [1.807, 2.05) is 91.0 Å². The Morgan fingerprint density at radius 3 is 1.92 bits per heavy atom. The molecule has 0 amide bonds. The van der Waals surface area contributed by atoms with Crippen molar-refractivity contribution >= 4 is 33.7 Å². The number of fused-ring (bicyclic) bond motifs is 3. The van der Waals surface area contributed by atoms with E-state index in [0.717, 1.165) is 33.1 Å². The Kier molecular flexibility index (Phi) is 12.3. The van der Waals surface area contributed by atoms with Crippen LogP contribution in [0.2, 0.25) is 0 Å². The summed E-state index contributed by atoms with van der Waals surface area (Å²) in [5.74, 6) is 8.00. The number of nitrogens with two attached hydrogens (primary N) is 3. The topological polar surface area (TPSA) is 107 Å². The quantitative estimate of drug-likeness (QED) is 0.104. The molecule has 0 bridgehead atoms. The molecule has 38 heavy (non-hydrogen) atoms. The number of hydrazine groups is 1. The molecule has 192 valence electrons. The third-order valence-electron chi connectivity index (χ3n) is 5.41. The van der Waals surface area contributed by atoms with Crippen molar-refractivity contribution in [2.45, 2.75) is 13.8 Å². The molecule has 1 heterocycles. The van der Waals surface area contributed by atoms with E-state index in [-0.39, 0.29) is 0 Å². The number of aromatic nitrogens is 1. The van der Waals surface area contributed by atoms with Crippen LogP contribution >= 0.6 is 0 Å². The molecule has 5 heteroatoms. The van der Waals surface area contributed by atoms with E-state index in [1.54, 1.807) is 6.08 Å². The minimum Gasteiger partial charge on any atom is -0.399 e. The average molecular weight is 502 g/mol. The van der Waals surface area contributed by atoms with E-state index < -0.39 is 0 Å². The van der Waals surface area contributed by atoms with Crippen LogP contribution in [0.5, 0.6) is 0 Å². The van der Waals surface area contributed by atoms with Gasteiger partial charge in [-0.05, 0) is 55.8 Å². The maximum absolute atomic E-state index is 9.13. The Balaban J connectivity index is 0.000000257. The van der Waals surface area contributed by atoms with E-state index in [4.69, 9.17) is 11.0 Å². The second kappa shape index (κ2) is 16.0. The molecule has 0 spiro atoms. The van der Waals surface area contributed by atoms with Crippen molar-refractivity contribution in [1.29, 1.82) is 5.26 Å². The molecule has 0 aliphatic heterocycles. The van der Waals surface area contributed by atoms with Gasteiger partial charge < -0.3 is 10.3 Å². The standard InChI is InChI=1S/C20H16N2.C7H8.C6H7N.H4N2/c1-3-4-7-15(2)14-22-19-9-6-5-8-17(19)18-12-16(13-21)10-11-20(18)22;1-7-5-3-2-4-6-7;7-6-4-2-1-3-5-6;1-2/h3-12,14H,1H2,2H3;2-6H,1H3;1-5H,7H2;1-2H2/b7-4-,15-14-;;;. The van der Waals surface area contributed by atoms with Crippen LogP contribution in [0, 0.1) is 18.3 Å². The van der Waals surface area contributed by atoms with E-state index in [0.29, 0.717) is 5.56 Å². The Bertz CT molecular complexity index is 1480. The van der Waals surface area contributed by atoms with Crippen LogP contribution in [-0.4, -0.2) is 4.57 Å². The summed E-state index contributed by atoms with van der Waals surface area (Å²) in [6, 6.07) is 36.0. The molecule has 0 radical (unpaired) electrons. The molecule has 0 saturated heterocycles. The third kappa shape index (κ3) is 8.65. The highest BCUT2D eigenvalue weighted by atomic mass is 15.0. The number of nitriles is 1. The smallest absolute Gasteiger partial charge is 0.0991 e. The van der Waals surface area contributed by atoms with Crippen LogP contribution in [0.15, 0.2) is 134 Å². The fourth-order valence-electron chi connectivity index (χ4n) is 3.67.